The molecule has 2 N–H and O–H groups in total. The summed E-state index contributed by atoms with van der Waals surface area (Å²) in [6.45, 7) is 0.874. The molecule has 0 amide bonds. The number of hydrogen-bond donors (Lipinski definition) is 2. The molecule has 1 aromatic carbocycles. The van der Waals surface area contributed by atoms with Crippen molar-refractivity contribution in [3.8, 4) is 5.75 Å². The number of halogens is 1. The summed E-state index contributed by atoms with van der Waals surface area (Å²) in [6, 6.07) is 8.17. The van der Waals surface area contributed by atoms with Crippen molar-refractivity contribution in [1.82, 2.24) is 5.32 Å². The van der Waals surface area contributed by atoms with Gasteiger partial charge in [0.25, 0.3) is 0 Å². The molecule has 1 aliphatic carbocycles. The lowest BCUT2D eigenvalue weighted by atomic mass is 9.95. The quantitative estimate of drug-likeness (QED) is 0.852. The zero-order chi connectivity index (χ0) is 10.5. The Labute approximate surface area is 103 Å². The SMILES string of the molecule is Cl.Oc1cccc(CNC2CCCCC2)c1. The lowest BCUT2D eigenvalue weighted by Gasteiger charge is -2.22. The molecule has 0 spiro atoms. The smallest absolute Gasteiger partial charge is 0.115 e. The van der Waals surface area contributed by atoms with Crippen molar-refractivity contribution in [2.24, 2.45) is 0 Å². The molecule has 3 heteroatoms. The Morgan fingerprint density at radius 1 is 1.19 bits per heavy atom. The molecule has 0 atom stereocenters. The molecule has 0 heterocycles. The van der Waals surface area contributed by atoms with Crippen molar-refractivity contribution >= 4 is 12.4 Å². The summed E-state index contributed by atoms with van der Waals surface area (Å²) in [4.78, 5) is 0. The van der Waals surface area contributed by atoms with Gasteiger partial charge in [0.1, 0.15) is 5.75 Å². The summed E-state index contributed by atoms with van der Waals surface area (Å²) >= 11 is 0. The molecule has 1 aliphatic rings. The molecule has 16 heavy (non-hydrogen) atoms. The first kappa shape index (κ1) is 13.3. The summed E-state index contributed by atoms with van der Waals surface area (Å²) < 4.78 is 0. The molecule has 90 valence electrons. The minimum absolute atomic E-state index is 0. The highest BCUT2D eigenvalue weighted by Gasteiger charge is 2.12. The van der Waals surface area contributed by atoms with Crippen LogP contribution in [0, 0.1) is 0 Å². The molecule has 1 fully saturated rings. The van der Waals surface area contributed by atoms with Crippen LogP contribution in [0.15, 0.2) is 24.3 Å². The predicted octanol–water partition coefficient (Wildman–Crippen LogP) is 3.24. The fourth-order valence-electron chi connectivity index (χ4n) is 2.24. The van der Waals surface area contributed by atoms with E-state index < -0.39 is 0 Å². The number of phenolic OH excluding ortho intramolecular Hbond substituents is 1. The minimum atomic E-state index is 0. The Balaban J connectivity index is 0.00000128. The van der Waals surface area contributed by atoms with Gasteiger partial charge in [-0.1, -0.05) is 31.4 Å². The van der Waals surface area contributed by atoms with Crippen molar-refractivity contribution < 1.29 is 5.11 Å². The second-order valence-corrected chi connectivity index (χ2v) is 4.39. The highest BCUT2D eigenvalue weighted by Crippen LogP contribution is 2.18. The molecule has 0 aliphatic heterocycles. The van der Waals surface area contributed by atoms with Crippen LogP contribution < -0.4 is 5.32 Å². The Hall–Kier alpha value is -0.730. The number of hydrogen-bond acceptors (Lipinski definition) is 2. The largest absolute Gasteiger partial charge is 0.508 e. The zero-order valence-electron chi connectivity index (χ0n) is 9.48. The summed E-state index contributed by atoms with van der Waals surface area (Å²) in [7, 11) is 0. The molecule has 1 aromatic rings. The third kappa shape index (κ3) is 4.03. The average Bonchev–Trinajstić information content (AvgIpc) is 2.28. The first-order valence-corrected chi connectivity index (χ1v) is 5.86. The van der Waals surface area contributed by atoms with E-state index in [-0.39, 0.29) is 12.4 Å². The van der Waals surface area contributed by atoms with Crippen molar-refractivity contribution in [2.75, 3.05) is 0 Å². The van der Waals surface area contributed by atoms with Gasteiger partial charge in [0.05, 0.1) is 0 Å². The molecule has 1 saturated carbocycles. The van der Waals surface area contributed by atoms with Crippen LogP contribution in [0.1, 0.15) is 37.7 Å². The van der Waals surface area contributed by atoms with Gasteiger partial charge in [-0.05, 0) is 30.5 Å². The van der Waals surface area contributed by atoms with Crippen molar-refractivity contribution in [2.45, 2.75) is 44.7 Å². The summed E-state index contributed by atoms with van der Waals surface area (Å²) in [5, 5.41) is 12.9. The second kappa shape index (κ2) is 6.77. The van der Waals surface area contributed by atoms with E-state index in [4.69, 9.17) is 0 Å². The maximum Gasteiger partial charge on any atom is 0.115 e. The first-order valence-electron chi connectivity index (χ1n) is 5.86. The van der Waals surface area contributed by atoms with Gasteiger partial charge < -0.3 is 10.4 Å². The van der Waals surface area contributed by atoms with Gasteiger partial charge in [0.2, 0.25) is 0 Å². The van der Waals surface area contributed by atoms with Crippen LogP contribution in [0.5, 0.6) is 5.75 Å². The van der Waals surface area contributed by atoms with Gasteiger partial charge in [-0.2, -0.15) is 0 Å². The summed E-state index contributed by atoms with van der Waals surface area (Å²) in [5.41, 5.74) is 1.17. The predicted molar refractivity (Wildman–Crippen MR) is 69.1 cm³/mol. The number of nitrogens with one attached hydrogen (secondary N) is 1. The number of phenols is 1. The number of rotatable bonds is 3. The molecule has 0 saturated heterocycles. The molecular formula is C13H20ClNO. The lowest BCUT2D eigenvalue weighted by Crippen LogP contribution is -2.30. The fraction of sp³-hybridized carbons (Fsp3) is 0.538. The molecule has 0 unspecified atom stereocenters. The molecular weight excluding hydrogens is 222 g/mol. The maximum atomic E-state index is 9.32. The van der Waals surface area contributed by atoms with Crippen molar-refractivity contribution in [3.05, 3.63) is 29.8 Å². The van der Waals surface area contributed by atoms with Gasteiger partial charge in [0, 0.05) is 12.6 Å². The van der Waals surface area contributed by atoms with Crippen LogP contribution in [0.25, 0.3) is 0 Å². The highest BCUT2D eigenvalue weighted by atomic mass is 35.5. The second-order valence-electron chi connectivity index (χ2n) is 4.39. The van der Waals surface area contributed by atoms with Gasteiger partial charge in [0.15, 0.2) is 0 Å². The first-order chi connectivity index (χ1) is 7.34. The summed E-state index contributed by atoms with van der Waals surface area (Å²) in [5.74, 6) is 0.359. The van der Waals surface area contributed by atoms with E-state index in [0.717, 1.165) is 6.54 Å². The average molecular weight is 242 g/mol. The van der Waals surface area contributed by atoms with E-state index in [0.29, 0.717) is 11.8 Å². The number of aromatic hydroxyl groups is 1. The van der Waals surface area contributed by atoms with E-state index in [1.54, 1.807) is 6.07 Å². The van der Waals surface area contributed by atoms with Crippen LogP contribution in [-0.2, 0) is 6.54 Å². The molecule has 0 radical (unpaired) electrons. The van der Waals surface area contributed by atoms with Crippen LogP contribution in [0.4, 0.5) is 0 Å². The van der Waals surface area contributed by atoms with Gasteiger partial charge in [-0.3, -0.25) is 0 Å². The normalized spacial score (nSPS) is 16.8. The Bertz CT molecular complexity index is 311. The molecule has 2 rings (SSSR count). The molecule has 2 nitrogen and oxygen atoms in total. The Morgan fingerprint density at radius 3 is 2.62 bits per heavy atom. The topological polar surface area (TPSA) is 32.3 Å². The zero-order valence-corrected chi connectivity index (χ0v) is 10.3. The van der Waals surface area contributed by atoms with E-state index in [2.05, 4.69) is 11.4 Å². The van der Waals surface area contributed by atoms with Crippen LogP contribution in [0.3, 0.4) is 0 Å². The third-order valence-electron chi connectivity index (χ3n) is 3.11. The fourth-order valence-corrected chi connectivity index (χ4v) is 2.24. The molecule has 0 aromatic heterocycles. The third-order valence-corrected chi connectivity index (χ3v) is 3.11. The van der Waals surface area contributed by atoms with E-state index in [1.165, 1.54) is 37.7 Å². The van der Waals surface area contributed by atoms with Crippen LogP contribution >= 0.6 is 12.4 Å². The van der Waals surface area contributed by atoms with Crippen molar-refractivity contribution in [3.63, 3.8) is 0 Å². The van der Waals surface area contributed by atoms with Crippen LogP contribution in [0.2, 0.25) is 0 Å². The van der Waals surface area contributed by atoms with Crippen molar-refractivity contribution in [1.29, 1.82) is 0 Å². The van der Waals surface area contributed by atoms with Gasteiger partial charge >= 0.3 is 0 Å². The lowest BCUT2D eigenvalue weighted by molar-refractivity contribution is 0.372. The van der Waals surface area contributed by atoms with Gasteiger partial charge in [-0.25, -0.2) is 0 Å². The highest BCUT2D eigenvalue weighted by molar-refractivity contribution is 5.85. The maximum absolute atomic E-state index is 9.32. The van der Waals surface area contributed by atoms with Crippen LogP contribution in [-0.4, -0.2) is 11.1 Å². The Kier molecular flexibility index (Phi) is 5.64. The monoisotopic (exact) mass is 241 g/mol. The number of benzene rings is 1. The van der Waals surface area contributed by atoms with Gasteiger partial charge in [-0.15, -0.1) is 12.4 Å². The minimum Gasteiger partial charge on any atom is -0.508 e. The Morgan fingerprint density at radius 2 is 1.94 bits per heavy atom. The van der Waals surface area contributed by atoms with E-state index in [9.17, 15) is 5.11 Å². The molecule has 0 bridgehead atoms. The summed E-state index contributed by atoms with van der Waals surface area (Å²) in [6.07, 6.45) is 6.72. The standard InChI is InChI=1S/C13H19NO.ClH/c15-13-8-4-5-11(9-13)10-14-12-6-2-1-3-7-12;/h4-5,8-9,12,14-15H,1-3,6-7,10H2;1H. The van der Waals surface area contributed by atoms with E-state index >= 15 is 0 Å². The van der Waals surface area contributed by atoms with E-state index in [1.807, 2.05) is 12.1 Å².